The SMILES string of the molecule is Cc1cc(Cl)ccc1NC(=O)NCCC(C)O. The van der Waals surface area contributed by atoms with Gasteiger partial charge in [-0.3, -0.25) is 0 Å². The van der Waals surface area contributed by atoms with Gasteiger partial charge in [-0.05, 0) is 44.0 Å². The van der Waals surface area contributed by atoms with Gasteiger partial charge in [0.2, 0.25) is 0 Å². The van der Waals surface area contributed by atoms with Crippen molar-refractivity contribution in [2.45, 2.75) is 26.4 Å². The van der Waals surface area contributed by atoms with Crippen molar-refractivity contribution >= 4 is 23.3 Å². The number of carbonyl (C=O) groups excluding carboxylic acids is 1. The Morgan fingerprint density at radius 1 is 1.53 bits per heavy atom. The van der Waals surface area contributed by atoms with Crippen molar-refractivity contribution < 1.29 is 9.90 Å². The first-order valence-corrected chi connectivity index (χ1v) is 5.86. The van der Waals surface area contributed by atoms with Crippen molar-refractivity contribution in [3.63, 3.8) is 0 Å². The Bertz CT molecular complexity index is 394. The molecular formula is C12H17ClN2O2. The number of halogens is 1. The van der Waals surface area contributed by atoms with E-state index in [0.717, 1.165) is 11.3 Å². The fourth-order valence-electron chi connectivity index (χ4n) is 1.33. The van der Waals surface area contributed by atoms with Crippen LogP contribution in [0.5, 0.6) is 0 Å². The lowest BCUT2D eigenvalue weighted by atomic mass is 10.2. The number of hydrogen-bond acceptors (Lipinski definition) is 2. The molecule has 0 aromatic heterocycles. The van der Waals surface area contributed by atoms with Gasteiger partial charge in [-0.2, -0.15) is 0 Å². The molecule has 0 bridgehead atoms. The summed E-state index contributed by atoms with van der Waals surface area (Å²) in [6, 6.07) is 4.98. The molecule has 2 amide bonds. The number of aryl methyl sites for hydroxylation is 1. The lowest BCUT2D eigenvalue weighted by molar-refractivity contribution is 0.184. The van der Waals surface area contributed by atoms with Crippen LogP contribution in [0.25, 0.3) is 0 Å². The highest BCUT2D eigenvalue weighted by molar-refractivity contribution is 6.30. The molecular weight excluding hydrogens is 240 g/mol. The van der Waals surface area contributed by atoms with Crippen molar-refractivity contribution in [1.82, 2.24) is 5.32 Å². The quantitative estimate of drug-likeness (QED) is 0.775. The largest absolute Gasteiger partial charge is 0.393 e. The van der Waals surface area contributed by atoms with E-state index in [1.165, 1.54) is 0 Å². The summed E-state index contributed by atoms with van der Waals surface area (Å²) in [6.07, 6.45) is 0.125. The van der Waals surface area contributed by atoms with Crippen LogP contribution in [0.2, 0.25) is 5.02 Å². The van der Waals surface area contributed by atoms with Crippen LogP contribution in [0.3, 0.4) is 0 Å². The number of nitrogens with one attached hydrogen (secondary N) is 2. The summed E-state index contributed by atoms with van der Waals surface area (Å²) in [5.74, 6) is 0. The molecule has 94 valence electrons. The summed E-state index contributed by atoms with van der Waals surface area (Å²) in [4.78, 5) is 11.5. The van der Waals surface area contributed by atoms with Crippen molar-refractivity contribution in [2.24, 2.45) is 0 Å². The minimum absolute atomic E-state index is 0.281. The van der Waals surface area contributed by atoms with Crippen LogP contribution in [0.1, 0.15) is 18.9 Å². The van der Waals surface area contributed by atoms with Gasteiger partial charge in [0.15, 0.2) is 0 Å². The second kappa shape index (κ2) is 6.47. The van der Waals surface area contributed by atoms with Crippen molar-refractivity contribution in [2.75, 3.05) is 11.9 Å². The first-order valence-electron chi connectivity index (χ1n) is 5.48. The molecule has 1 atom stereocenters. The van der Waals surface area contributed by atoms with Crippen LogP contribution >= 0.6 is 11.6 Å². The summed E-state index contributed by atoms with van der Waals surface area (Å²) in [6.45, 7) is 4.00. The van der Waals surface area contributed by atoms with Gasteiger partial charge < -0.3 is 15.7 Å². The molecule has 0 heterocycles. The summed E-state index contributed by atoms with van der Waals surface area (Å²) in [5.41, 5.74) is 1.63. The van der Waals surface area contributed by atoms with Crippen molar-refractivity contribution in [1.29, 1.82) is 0 Å². The summed E-state index contributed by atoms with van der Waals surface area (Å²) >= 11 is 5.82. The van der Waals surface area contributed by atoms with E-state index in [0.29, 0.717) is 18.0 Å². The first kappa shape index (κ1) is 13.8. The predicted molar refractivity (Wildman–Crippen MR) is 69.5 cm³/mol. The molecule has 0 saturated carbocycles. The predicted octanol–water partition coefficient (Wildman–Crippen LogP) is 2.54. The third-order valence-electron chi connectivity index (χ3n) is 2.28. The number of benzene rings is 1. The molecule has 1 unspecified atom stereocenters. The molecule has 0 aliphatic heterocycles. The molecule has 0 aliphatic rings. The molecule has 0 spiro atoms. The van der Waals surface area contributed by atoms with Crippen LogP contribution in [0.4, 0.5) is 10.5 Å². The van der Waals surface area contributed by atoms with Gasteiger partial charge >= 0.3 is 6.03 Å². The number of aliphatic hydroxyl groups is 1. The number of rotatable bonds is 4. The van der Waals surface area contributed by atoms with Gasteiger partial charge in [-0.15, -0.1) is 0 Å². The number of aliphatic hydroxyl groups excluding tert-OH is 1. The smallest absolute Gasteiger partial charge is 0.319 e. The maximum atomic E-state index is 11.5. The van der Waals surface area contributed by atoms with Gasteiger partial charge in [0.25, 0.3) is 0 Å². The van der Waals surface area contributed by atoms with Gasteiger partial charge in [0.05, 0.1) is 6.10 Å². The van der Waals surface area contributed by atoms with E-state index in [2.05, 4.69) is 10.6 Å². The average Bonchev–Trinajstić information content (AvgIpc) is 2.21. The van der Waals surface area contributed by atoms with Gasteiger partial charge in [0, 0.05) is 17.3 Å². The van der Waals surface area contributed by atoms with E-state index in [9.17, 15) is 4.79 Å². The molecule has 1 aromatic carbocycles. The third kappa shape index (κ3) is 5.06. The first-order chi connectivity index (χ1) is 7.99. The highest BCUT2D eigenvalue weighted by atomic mass is 35.5. The molecule has 4 nitrogen and oxygen atoms in total. The number of amides is 2. The average molecular weight is 257 g/mol. The summed E-state index contributed by atoms with van der Waals surface area (Å²) in [5, 5.41) is 15.1. The lowest BCUT2D eigenvalue weighted by Crippen LogP contribution is -2.31. The number of urea groups is 1. The van der Waals surface area contributed by atoms with E-state index >= 15 is 0 Å². The Kier molecular flexibility index (Phi) is 5.25. The second-order valence-corrected chi connectivity index (χ2v) is 4.41. The summed E-state index contributed by atoms with van der Waals surface area (Å²) in [7, 11) is 0. The number of anilines is 1. The molecule has 0 aliphatic carbocycles. The van der Waals surface area contributed by atoms with E-state index in [-0.39, 0.29) is 6.03 Å². The highest BCUT2D eigenvalue weighted by Gasteiger charge is 2.04. The Morgan fingerprint density at radius 3 is 2.82 bits per heavy atom. The topological polar surface area (TPSA) is 61.4 Å². The zero-order valence-corrected chi connectivity index (χ0v) is 10.7. The second-order valence-electron chi connectivity index (χ2n) is 3.98. The Balaban J connectivity index is 2.45. The highest BCUT2D eigenvalue weighted by Crippen LogP contribution is 2.19. The van der Waals surface area contributed by atoms with Crippen molar-refractivity contribution in [3.8, 4) is 0 Å². The molecule has 3 N–H and O–H groups in total. The standard InChI is InChI=1S/C12H17ClN2O2/c1-8-7-10(13)3-4-11(8)15-12(17)14-6-5-9(2)16/h3-4,7,9,16H,5-6H2,1-2H3,(H2,14,15,17). The van der Waals surface area contributed by atoms with Gasteiger partial charge in [-0.25, -0.2) is 4.79 Å². The fraction of sp³-hybridized carbons (Fsp3) is 0.417. The maximum Gasteiger partial charge on any atom is 0.319 e. The lowest BCUT2D eigenvalue weighted by Gasteiger charge is -2.10. The minimum Gasteiger partial charge on any atom is -0.393 e. The van der Waals surface area contributed by atoms with Crippen molar-refractivity contribution in [3.05, 3.63) is 28.8 Å². The normalized spacial score (nSPS) is 12.0. The van der Waals surface area contributed by atoms with Crippen LogP contribution in [0.15, 0.2) is 18.2 Å². The maximum absolute atomic E-state index is 11.5. The third-order valence-corrected chi connectivity index (χ3v) is 2.52. The zero-order chi connectivity index (χ0) is 12.8. The molecule has 0 fully saturated rings. The van der Waals surface area contributed by atoms with Gasteiger partial charge in [0.1, 0.15) is 0 Å². The number of hydrogen-bond donors (Lipinski definition) is 3. The van der Waals surface area contributed by atoms with Crippen LogP contribution in [0, 0.1) is 6.92 Å². The van der Waals surface area contributed by atoms with Crippen LogP contribution in [-0.4, -0.2) is 23.8 Å². The summed E-state index contributed by atoms with van der Waals surface area (Å²) < 4.78 is 0. The van der Waals surface area contributed by atoms with E-state index < -0.39 is 6.10 Å². The number of carbonyl (C=O) groups is 1. The minimum atomic E-state index is -0.410. The zero-order valence-electron chi connectivity index (χ0n) is 9.96. The van der Waals surface area contributed by atoms with Crippen LogP contribution in [-0.2, 0) is 0 Å². The molecule has 1 aromatic rings. The van der Waals surface area contributed by atoms with Crippen LogP contribution < -0.4 is 10.6 Å². The van der Waals surface area contributed by atoms with E-state index in [4.69, 9.17) is 16.7 Å². The molecule has 0 radical (unpaired) electrons. The molecule has 0 saturated heterocycles. The Hall–Kier alpha value is -1.26. The Morgan fingerprint density at radius 2 is 2.24 bits per heavy atom. The van der Waals surface area contributed by atoms with E-state index in [1.54, 1.807) is 25.1 Å². The van der Waals surface area contributed by atoms with Gasteiger partial charge in [-0.1, -0.05) is 11.6 Å². The van der Waals surface area contributed by atoms with E-state index in [1.807, 2.05) is 6.92 Å². The molecule has 17 heavy (non-hydrogen) atoms. The molecule has 5 heteroatoms. The fourth-order valence-corrected chi connectivity index (χ4v) is 1.56. The Labute approximate surface area is 106 Å². The molecule has 1 rings (SSSR count). The monoisotopic (exact) mass is 256 g/mol.